The van der Waals surface area contributed by atoms with Crippen molar-refractivity contribution in [2.45, 2.75) is 39.2 Å². The van der Waals surface area contributed by atoms with Gasteiger partial charge in [0.05, 0.1) is 9.88 Å². The lowest BCUT2D eigenvalue weighted by atomic mass is 10.0. The Morgan fingerprint density at radius 2 is 1.93 bits per heavy atom. The minimum atomic E-state index is 0.0611. The molecule has 1 spiro atoms. The fourth-order valence-corrected chi connectivity index (χ4v) is 5.40. The Morgan fingerprint density at radius 3 is 2.67 bits per heavy atom. The number of hydrogen-bond donors (Lipinski definition) is 1. The average molecular weight is 419 g/mol. The zero-order chi connectivity index (χ0) is 20.7. The molecule has 1 aliphatic heterocycles. The molecule has 2 fully saturated rings. The Labute approximate surface area is 181 Å². The zero-order valence-electron chi connectivity index (χ0n) is 17.4. The number of aromatic nitrogens is 2. The summed E-state index contributed by atoms with van der Waals surface area (Å²) in [4.78, 5) is 25.9. The first-order valence-electron chi connectivity index (χ1n) is 10.5. The second kappa shape index (κ2) is 7.51. The van der Waals surface area contributed by atoms with Crippen LogP contribution in [0, 0.1) is 19.3 Å². The average Bonchev–Trinajstić information content (AvgIpc) is 3.23. The van der Waals surface area contributed by atoms with Gasteiger partial charge >= 0.3 is 0 Å². The van der Waals surface area contributed by atoms with Crippen molar-refractivity contribution in [2.75, 3.05) is 18.4 Å². The maximum atomic E-state index is 13.7. The van der Waals surface area contributed by atoms with E-state index in [9.17, 15) is 4.79 Å². The molecule has 3 aromatic rings. The van der Waals surface area contributed by atoms with Crippen molar-refractivity contribution in [3.05, 3.63) is 64.9 Å². The van der Waals surface area contributed by atoms with Gasteiger partial charge in [0.25, 0.3) is 5.91 Å². The molecule has 30 heavy (non-hydrogen) atoms. The smallest absolute Gasteiger partial charge is 0.274 e. The molecule has 1 saturated carbocycles. The summed E-state index contributed by atoms with van der Waals surface area (Å²) < 4.78 is 0. The minimum Gasteiger partial charge on any atom is -0.368 e. The van der Waals surface area contributed by atoms with Crippen LogP contribution in [-0.2, 0) is 0 Å². The summed E-state index contributed by atoms with van der Waals surface area (Å²) in [6.45, 7) is 5.52. The lowest BCUT2D eigenvalue weighted by molar-refractivity contribution is 0.0733. The predicted octanol–water partition coefficient (Wildman–Crippen LogP) is 4.93. The fourth-order valence-electron chi connectivity index (χ4n) is 4.48. The monoisotopic (exact) mass is 418 g/mol. The molecule has 1 N–H and O–H groups in total. The van der Waals surface area contributed by atoms with E-state index >= 15 is 0 Å². The number of carbonyl (C=O) groups excluding carboxylic acids is 1. The molecule has 3 heterocycles. The standard InChI is InChI=1S/C24H26N4OS/c1-16-7-6-10-20(26-16)25-14-19-13-24(11-12-24)15-28(19)23(29)21-22(30-17(2)27-21)18-8-4-3-5-9-18/h3-10,19H,11-15H2,1-2H3,(H,25,26). The van der Waals surface area contributed by atoms with Crippen LogP contribution in [0.4, 0.5) is 5.82 Å². The first-order chi connectivity index (χ1) is 14.5. The first-order valence-corrected chi connectivity index (χ1v) is 11.4. The van der Waals surface area contributed by atoms with Gasteiger partial charge in [-0.3, -0.25) is 4.79 Å². The van der Waals surface area contributed by atoms with E-state index in [0.29, 0.717) is 17.7 Å². The third-order valence-corrected chi connectivity index (χ3v) is 7.23. The molecule has 1 aliphatic carbocycles. The van der Waals surface area contributed by atoms with Gasteiger partial charge in [-0.15, -0.1) is 11.3 Å². The number of amides is 1. The van der Waals surface area contributed by atoms with Crippen LogP contribution in [0.1, 0.15) is 40.5 Å². The third kappa shape index (κ3) is 3.72. The van der Waals surface area contributed by atoms with Gasteiger partial charge in [-0.1, -0.05) is 36.4 Å². The molecule has 2 aromatic heterocycles. The molecule has 5 rings (SSSR count). The number of pyridine rings is 1. The molecule has 1 unspecified atom stereocenters. The van der Waals surface area contributed by atoms with Crippen LogP contribution < -0.4 is 5.32 Å². The van der Waals surface area contributed by atoms with Crippen molar-refractivity contribution in [2.24, 2.45) is 5.41 Å². The third-order valence-electron chi connectivity index (χ3n) is 6.21. The van der Waals surface area contributed by atoms with E-state index in [0.717, 1.165) is 39.9 Å². The van der Waals surface area contributed by atoms with E-state index in [-0.39, 0.29) is 11.9 Å². The molecule has 2 aliphatic rings. The highest BCUT2D eigenvalue weighted by molar-refractivity contribution is 7.15. The molecule has 6 heteroatoms. The second-order valence-electron chi connectivity index (χ2n) is 8.61. The Morgan fingerprint density at radius 1 is 1.13 bits per heavy atom. The van der Waals surface area contributed by atoms with Crippen LogP contribution in [0.15, 0.2) is 48.5 Å². The summed E-state index contributed by atoms with van der Waals surface area (Å²) in [7, 11) is 0. The molecular formula is C24H26N4OS. The Bertz CT molecular complexity index is 1070. The lowest BCUT2D eigenvalue weighted by Crippen LogP contribution is -2.40. The summed E-state index contributed by atoms with van der Waals surface area (Å²) in [5, 5.41) is 4.39. The quantitative estimate of drug-likeness (QED) is 0.638. The van der Waals surface area contributed by atoms with Gasteiger partial charge in [0.1, 0.15) is 11.5 Å². The normalized spacial score (nSPS) is 19.3. The van der Waals surface area contributed by atoms with Gasteiger partial charge in [-0.2, -0.15) is 0 Å². The van der Waals surface area contributed by atoms with E-state index in [1.165, 1.54) is 12.8 Å². The van der Waals surface area contributed by atoms with Crippen molar-refractivity contribution in [1.82, 2.24) is 14.9 Å². The number of likely N-dealkylation sites (tertiary alicyclic amines) is 1. The number of aryl methyl sites for hydroxylation is 2. The van der Waals surface area contributed by atoms with Crippen LogP contribution in [0.25, 0.3) is 10.4 Å². The van der Waals surface area contributed by atoms with Gasteiger partial charge in [-0.05, 0) is 56.2 Å². The SMILES string of the molecule is Cc1cccc(NCC2CC3(CC3)CN2C(=O)c2nc(C)sc2-c2ccccc2)n1. The molecule has 5 nitrogen and oxygen atoms in total. The highest BCUT2D eigenvalue weighted by Gasteiger charge is 2.53. The molecule has 1 aromatic carbocycles. The van der Waals surface area contributed by atoms with E-state index < -0.39 is 0 Å². The number of carbonyl (C=O) groups is 1. The maximum Gasteiger partial charge on any atom is 0.274 e. The highest BCUT2D eigenvalue weighted by atomic mass is 32.1. The summed E-state index contributed by atoms with van der Waals surface area (Å²) in [5.41, 5.74) is 2.97. The number of nitrogens with one attached hydrogen (secondary N) is 1. The molecule has 1 amide bonds. The Hall–Kier alpha value is -2.73. The summed E-state index contributed by atoms with van der Waals surface area (Å²) in [6.07, 6.45) is 3.50. The van der Waals surface area contributed by atoms with Crippen LogP contribution in [0.3, 0.4) is 0 Å². The number of benzene rings is 1. The largest absolute Gasteiger partial charge is 0.368 e. The van der Waals surface area contributed by atoms with Gasteiger partial charge in [-0.25, -0.2) is 9.97 Å². The first kappa shape index (κ1) is 19.2. The van der Waals surface area contributed by atoms with E-state index in [2.05, 4.69) is 32.3 Å². The van der Waals surface area contributed by atoms with Gasteiger partial charge < -0.3 is 10.2 Å². The van der Waals surface area contributed by atoms with Crippen molar-refractivity contribution >= 4 is 23.1 Å². The van der Waals surface area contributed by atoms with Crippen LogP contribution in [0.2, 0.25) is 0 Å². The topological polar surface area (TPSA) is 58.1 Å². The van der Waals surface area contributed by atoms with Crippen molar-refractivity contribution in [3.63, 3.8) is 0 Å². The minimum absolute atomic E-state index is 0.0611. The van der Waals surface area contributed by atoms with Crippen molar-refractivity contribution in [3.8, 4) is 10.4 Å². The van der Waals surface area contributed by atoms with Crippen LogP contribution in [-0.4, -0.2) is 39.9 Å². The zero-order valence-corrected chi connectivity index (χ0v) is 18.2. The van der Waals surface area contributed by atoms with Gasteiger partial charge in [0.15, 0.2) is 0 Å². The summed E-state index contributed by atoms with van der Waals surface area (Å²) >= 11 is 1.60. The van der Waals surface area contributed by atoms with Crippen molar-refractivity contribution in [1.29, 1.82) is 0 Å². The Balaban J connectivity index is 1.40. The molecule has 154 valence electrons. The predicted molar refractivity (Wildman–Crippen MR) is 121 cm³/mol. The number of nitrogens with zero attached hydrogens (tertiary/aromatic N) is 3. The van der Waals surface area contributed by atoms with Gasteiger partial charge in [0, 0.05) is 24.8 Å². The molecule has 1 saturated heterocycles. The van der Waals surface area contributed by atoms with E-state index in [4.69, 9.17) is 0 Å². The van der Waals surface area contributed by atoms with E-state index in [1.807, 2.05) is 50.2 Å². The van der Waals surface area contributed by atoms with Crippen LogP contribution >= 0.6 is 11.3 Å². The lowest BCUT2D eigenvalue weighted by Gasteiger charge is -2.25. The van der Waals surface area contributed by atoms with Crippen LogP contribution in [0.5, 0.6) is 0 Å². The summed E-state index contributed by atoms with van der Waals surface area (Å²) in [6, 6.07) is 16.3. The number of anilines is 1. The number of thiazole rings is 1. The second-order valence-corrected chi connectivity index (χ2v) is 9.82. The highest BCUT2D eigenvalue weighted by Crippen LogP contribution is 2.55. The fraction of sp³-hybridized carbons (Fsp3) is 0.375. The Kier molecular flexibility index (Phi) is 4.82. The number of hydrogen-bond acceptors (Lipinski definition) is 5. The summed E-state index contributed by atoms with van der Waals surface area (Å²) in [5.74, 6) is 0.930. The molecular weight excluding hydrogens is 392 g/mol. The molecule has 0 radical (unpaired) electrons. The number of rotatable bonds is 5. The van der Waals surface area contributed by atoms with E-state index in [1.54, 1.807) is 11.3 Å². The van der Waals surface area contributed by atoms with Gasteiger partial charge in [0.2, 0.25) is 0 Å². The maximum absolute atomic E-state index is 13.7. The molecule has 0 bridgehead atoms. The van der Waals surface area contributed by atoms with Crippen molar-refractivity contribution < 1.29 is 4.79 Å². The molecule has 1 atom stereocenters.